The molecule has 75 valence electrons. The number of methoxy groups -OCH3 is 1. The summed E-state index contributed by atoms with van der Waals surface area (Å²) in [5, 5.41) is 14.0. The molecule has 0 aliphatic rings. The summed E-state index contributed by atoms with van der Waals surface area (Å²) in [6.07, 6.45) is 0. The maximum Gasteiger partial charge on any atom is 0.482 e. The van der Waals surface area contributed by atoms with Gasteiger partial charge >= 0.3 is 13.7 Å². The molecule has 0 aliphatic carbocycles. The van der Waals surface area contributed by atoms with Gasteiger partial charge in [-0.3, -0.25) is 0 Å². The number of carbonyl (C=O) groups is 1. The number of rotatable bonds is 1. The van der Waals surface area contributed by atoms with E-state index in [2.05, 4.69) is 4.74 Å². The van der Waals surface area contributed by atoms with Crippen molar-refractivity contribution in [3.05, 3.63) is 35.6 Å². The van der Waals surface area contributed by atoms with E-state index in [9.17, 15) is 9.18 Å². The molecule has 0 saturated heterocycles. The van der Waals surface area contributed by atoms with Gasteiger partial charge in [0.25, 0.3) is 0 Å². The smallest absolute Gasteiger partial charge is 0.465 e. The molecule has 1 aromatic carbocycles. The SMILES string of the molecule is COC(=O)c1ccccc1F.O[B]O. The van der Waals surface area contributed by atoms with E-state index in [0.29, 0.717) is 0 Å². The second-order valence-corrected chi connectivity index (χ2v) is 2.09. The Labute approximate surface area is 81.3 Å². The minimum atomic E-state index is -0.650. The molecule has 2 N–H and O–H groups in total. The molecule has 0 atom stereocenters. The van der Waals surface area contributed by atoms with E-state index in [1.807, 2.05) is 0 Å². The summed E-state index contributed by atoms with van der Waals surface area (Å²) in [5.74, 6) is -1.21. The predicted octanol–water partition coefficient (Wildman–Crippen LogP) is 0.117. The average molecular weight is 199 g/mol. The van der Waals surface area contributed by atoms with Crippen LogP contribution in [0.25, 0.3) is 0 Å². The Balaban J connectivity index is 0.000000500. The number of ether oxygens (including phenoxy) is 1. The lowest BCUT2D eigenvalue weighted by Gasteiger charge is -1.98. The van der Waals surface area contributed by atoms with Gasteiger partial charge in [0, 0.05) is 0 Å². The summed E-state index contributed by atoms with van der Waals surface area (Å²) < 4.78 is 17.1. The third-order valence-electron chi connectivity index (χ3n) is 1.28. The van der Waals surface area contributed by atoms with Crippen molar-refractivity contribution in [3.8, 4) is 0 Å². The number of carbonyl (C=O) groups excluding carboxylic acids is 1. The van der Waals surface area contributed by atoms with Gasteiger partial charge in [-0.2, -0.15) is 0 Å². The highest BCUT2D eigenvalue weighted by molar-refractivity contribution is 6.13. The number of esters is 1. The standard InChI is InChI=1S/C8H7FO2.BH2O2/c1-11-8(10)6-4-2-3-5-7(6)9;2-1-3/h2-5H,1H3;2-3H. The summed E-state index contributed by atoms with van der Waals surface area (Å²) in [5.41, 5.74) is -0.0324. The zero-order valence-corrected chi connectivity index (χ0v) is 7.48. The van der Waals surface area contributed by atoms with E-state index < -0.39 is 11.8 Å². The fourth-order valence-electron chi connectivity index (χ4n) is 0.737. The second-order valence-electron chi connectivity index (χ2n) is 2.09. The van der Waals surface area contributed by atoms with E-state index in [-0.39, 0.29) is 13.2 Å². The van der Waals surface area contributed by atoms with Crippen molar-refractivity contribution in [2.45, 2.75) is 0 Å². The first-order valence-corrected chi connectivity index (χ1v) is 3.60. The molecule has 6 heteroatoms. The molecule has 0 fully saturated rings. The first-order valence-electron chi connectivity index (χ1n) is 3.60. The number of halogens is 1. The molecule has 0 bridgehead atoms. The summed E-state index contributed by atoms with van der Waals surface area (Å²) in [7, 11) is 1.22. The van der Waals surface area contributed by atoms with E-state index in [4.69, 9.17) is 10.0 Å². The van der Waals surface area contributed by atoms with E-state index in [1.54, 1.807) is 6.07 Å². The number of hydrogen-bond donors (Lipinski definition) is 2. The summed E-state index contributed by atoms with van der Waals surface area (Å²) in [6.45, 7) is 0. The molecule has 0 heterocycles. The normalized spacial score (nSPS) is 8.29. The van der Waals surface area contributed by atoms with Gasteiger partial charge in [-0.25, -0.2) is 9.18 Å². The van der Waals surface area contributed by atoms with E-state index in [1.165, 1.54) is 25.3 Å². The van der Waals surface area contributed by atoms with Crippen molar-refractivity contribution in [1.82, 2.24) is 0 Å². The van der Waals surface area contributed by atoms with E-state index >= 15 is 0 Å². The van der Waals surface area contributed by atoms with Crippen LogP contribution in [0.4, 0.5) is 4.39 Å². The fraction of sp³-hybridized carbons (Fsp3) is 0.125. The summed E-state index contributed by atoms with van der Waals surface area (Å²) >= 11 is 0. The van der Waals surface area contributed by atoms with Crippen molar-refractivity contribution >= 4 is 13.7 Å². The highest BCUT2D eigenvalue weighted by atomic mass is 19.1. The van der Waals surface area contributed by atoms with Crippen molar-refractivity contribution in [3.63, 3.8) is 0 Å². The molecule has 0 aliphatic heterocycles. The molecule has 0 spiro atoms. The van der Waals surface area contributed by atoms with Crippen LogP contribution in [0, 0.1) is 5.82 Å². The van der Waals surface area contributed by atoms with Crippen molar-refractivity contribution in [1.29, 1.82) is 0 Å². The van der Waals surface area contributed by atoms with E-state index in [0.717, 1.165) is 0 Å². The van der Waals surface area contributed by atoms with Gasteiger partial charge in [-0.15, -0.1) is 0 Å². The van der Waals surface area contributed by atoms with Crippen LogP contribution in [-0.4, -0.2) is 30.8 Å². The van der Waals surface area contributed by atoms with Gasteiger partial charge in [0.1, 0.15) is 5.82 Å². The first-order chi connectivity index (χ1) is 6.67. The van der Waals surface area contributed by atoms with Crippen LogP contribution in [0.5, 0.6) is 0 Å². The van der Waals surface area contributed by atoms with Crippen LogP contribution in [-0.2, 0) is 4.74 Å². The molecule has 0 saturated carbocycles. The molecular formula is C8H9BFO4. The lowest BCUT2D eigenvalue weighted by molar-refractivity contribution is 0.0595. The Hall–Kier alpha value is -1.40. The van der Waals surface area contributed by atoms with Crippen molar-refractivity contribution in [2.24, 2.45) is 0 Å². The third kappa shape index (κ3) is 4.02. The monoisotopic (exact) mass is 199 g/mol. The zero-order valence-electron chi connectivity index (χ0n) is 7.48. The van der Waals surface area contributed by atoms with Gasteiger partial charge < -0.3 is 14.8 Å². The van der Waals surface area contributed by atoms with Gasteiger partial charge in [0.15, 0.2) is 0 Å². The van der Waals surface area contributed by atoms with Crippen LogP contribution < -0.4 is 0 Å². The summed E-state index contributed by atoms with van der Waals surface area (Å²) in [4.78, 5) is 10.8. The summed E-state index contributed by atoms with van der Waals surface area (Å²) in [6, 6.07) is 5.69. The average Bonchev–Trinajstić information content (AvgIpc) is 2.19. The molecule has 1 radical (unpaired) electrons. The topological polar surface area (TPSA) is 66.8 Å². The number of hydrogen-bond acceptors (Lipinski definition) is 4. The van der Waals surface area contributed by atoms with Crippen LogP contribution in [0.3, 0.4) is 0 Å². The molecule has 0 unspecified atom stereocenters. The molecular weight excluding hydrogens is 190 g/mol. The highest BCUT2D eigenvalue weighted by Gasteiger charge is 2.09. The van der Waals surface area contributed by atoms with Crippen LogP contribution in [0.15, 0.2) is 24.3 Å². The third-order valence-corrected chi connectivity index (χ3v) is 1.28. The Kier molecular flexibility index (Phi) is 6.35. The first kappa shape index (κ1) is 12.6. The van der Waals surface area contributed by atoms with Crippen LogP contribution >= 0.6 is 0 Å². The molecule has 0 aromatic heterocycles. The maximum absolute atomic E-state index is 12.7. The second kappa shape index (κ2) is 7.05. The van der Waals surface area contributed by atoms with Crippen molar-refractivity contribution < 1.29 is 24.0 Å². The van der Waals surface area contributed by atoms with Crippen molar-refractivity contribution in [2.75, 3.05) is 7.11 Å². The van der Waals surface area contributed by atoms with Gasteiger partial charge in [-0.05, 0) is 12.1 Å². The van der Waals surface area contributed by atoms with Gasteiger partial charge in [-0.1, -0.05) is 12.1 Å². The Bertz CT molecular complexity index is 292. The fourth-order valence-corrected chi connectivity index (χ4v) is 0.737. The quantitative estimate of drug-likeness (QED) is 0.497. The Morgan fingerprint density at radius 2 is 1.93 bits per heavy atom. The molecule has 0 amide bonds. The molecule has 14 heavy (non-hydrogen) atoms. The number of benzene rings is 1. The van der Waals surface area contributed by atoms with Gasteiger partial charge in [0.2, 0.25) is 0 Å². The predicted molar refractivity (Wildman–Crippen MR) is 47.9 cm³/mol. The lowest BCUT2D eigenvalue weighted by atomic mass is 10.2. The Morgan fingerprint density at radius 3 is 2.36 bits per heavy atom. The Morgan fingerprint density at radius 1 is 1.43 bits per heavy atom. The van der Waals surface area contributed by atoms with Gasteiger partial charge in [0.05, 0.1) is 12.7 Å². The largest absolute Gasteiger partial charge is 0.482 e. The maximum atomic E-state index is 12.7. The lowest BCUT2D eigenvalue weighted by Crippen LogP contribution is -2.03. The molecule has 1 rings (SSSR count). The molecule has 1 aromatic rings. The minimum absolute atomic E-state index is 0. The zero-order chi connectivity index (χ0) is 11.0. The van der Waals surface area contributed by atoms with Crippen LogP contribution in [0.2, 0.25) is 0 Å². The molecule has 4 nitrogen and oxygen atoms in total. The minimum Gasteiger partial charge on any atom is -0.465 e. The van der Waals surface area contributed by atoms with Crippen LogP contribution in [0.1, 0.15) is 10.4 Å². The highest BCUT2D eigenvalue weighted by Crippen LogP contribution is 2.06.